The molecule has 0 spiro atoms. The Morgan fingerprint density at radius 3 is 1.77 bits per heavy atom. The number of para-hydroxylation sites is 1. The average Bonchev–Trinajstić information content (AvgIpc) is 2.52. The highest BCUT2D eigenvalue weighted by Gasteiger charge is 2.16. The van der Waals surface area contributed by atoms with Crippen molar-refractivity contribution < 1.29 is 20.4 Å². The van der Waals surface area contributed by atoms with Gasteiger partial charge in [0.15, 0.2) is 11.5 Å². The van der Waals surface area contributed by atoms with E-state index < -0.39 is 0 Å². The second-order valence-electron chi connectivity index (χ2n) is 4.92. The Morgan fingerprint density at radius 2 is 1.09 bits per heavy atom. The van der Waals surface area contributed by atoms with Crippen molar-refractivity contribution in [2.75, 3.05) is 0 Å². The molecule has 4 N–H and O–H groups in total. The number of hydrogen-bond acceptors (Lipinski definition) is 4. The SMILES string of the molecule is Oc1ccc(-c2ccc(-c3ccccc3O)c(O)c2O)cc1. The highest BCUT2D eigenvalue weighted by molar-refractivity contribution is 5.84. The Balaban J connectivity index is 2.13. The lowest BCUT2D eigenvalue weighted by molar-refractivity contribution is 0.406. The van der Waals surface area contributed by atoms with Gasteiger partial charge in [0, 0.05) is 16.7 Å². The minimum atomic E-state index is -0.299. The topological polar surface area (TPSA) is 80.9 Å². The predicted molar refractivity (Wildman–Crippen MR) is 84.0 cm³/mol. The lowest BCUT2D eigenvalue weighted by atomic mass is 9.97. The van der Waals surface area contributed by atoms with Crippen molar-refractivity contribution in [3.8, 4) is 45.3 Å². The Kier molecular flexibility index (Phi) is 3.35. The van der Waals surface area contributed by atoms with Crippen LogP contribution >= 0.6 is 0 Å². The maximum absolute atomic E-state index is 10.3. The molecule has 0 amide bonds. The summed E-state index contributed by atoms with van der Waals surface area (Å²) < 4.78 is 0. The summed E-state index contributed by atoms with van der Waals surface area (Å²) in [5.41, 5.74) is 1.89. The second kappa shape index (κ2) is 5.33. The number of aromatic hydroxyl groups is 4. The summed E-state index contributed by atoms with van der Waals surface area (Å²) in [5, 5.41) is 39.7. The van der Waals surface area contributed by atoms with Gasteiger partial charge in [-0.2, -0.15) is 0 Å². The fraction of sp³-hybridized carbons (Fsp3) is 0. The molecule has 3 aromatic carbocycles. The van der Waals surface area contributed by atoms with E-state index in [2.05, 4.69) is 0 Å². The number of phenolic OH excluding ortho intramolecular Hbond substituents is 4. The van der Waals surface area contributed by atoms with Crippen LogP contribution < -0.4 is 0 Å². The van der Waals surface area contributed by atoms with Gasteiger partial charge in [-0.05, 0) is 35.9 Å². The molecule has 0 atom stereocenters. The molecule has 0 saturated heterocycles. The van der Waals surface area contributed by atoms with Crippen molar-refractivity contribution >= 4 is 0 Å². The second-order valence-corrected chi connectivity index (χ2v) is 4.92. The van der Waals surface area contributed by atoms with E-state index in [1.165, 1.54) is 18.2 Å². The van der Waals surface area contributed by atoms with Gasteiger partial charge in [0.1, 0.15) is 11.5 Å². The fourth-order valence-corrected chi connectivity index (χ4v) is 2.37. The quantitative estimate of drug-likeness (QED) is 0.541. The van der Waals surface area contributed by atoms with Crippen molar-refractivity contribution in [2.45, 2.75) is 0 Å². The molecule has 0 unspecified atom stereocenters. The molecule has 4 heteroatoms. The first-order valence-electron chi connectivity index (χ1n) is 6.70. The summed E-state index contributed by atoms with van der Waals surface area (Å²) in [6.45, 7) is 0. The first-order chi connectivity index (χ1) is 10.6. The molecule has 0 heterocycles. The minimum Gasteiger partial charge on any atom is -0.508 e. The van der Waals surface area contributed by atoms with E-state index >= 15 is 0 Å². The van der Waals surface area contributed by atoms with Gasteiger partial charge < -0.3 is 20.4 Å². The maximum atomic E-state index is 10.3. The molecule has 3 aromatic rings. The summed E-state index contributed by atoms with van der Waals surface area (Å²) in [7, 11) is 0. The third-order valence-electron chi connectivity index (χ3n) is 3.52. The standard InChI is InChI=1S/C18H14O4/c19-12-7-5-11(6-8-12)13-9-10-15(18(22)17(13)21)14-3-1-2-4-16(14)20/h1-10,19-22H. The Hall–Kier alpha value is -3.14. The zero-order valence-electron chi connectivity index (χ0n) is 11.6. The third kappa shape index (κ3) is 2.31. The lowest BCUT2D eigenvalue weighted by Gasteiger charge is -2.12. The van der Waals surface area contributed by atoms with Crippen molar-refractivity contribution in [1.82, 2.24) is 0 Å². The monoisotopic (exact) mass is 294 g/mol. The van der Waals surface area contributed by atoms with E-state index in [1.54, 1.807) is 42.5 Å². The van der Waals surface area contributed by atoms with E-state index in [1.807, 2.05) is 0 Å². The summed E-state index contributed by atoms with van der Waals surface area (Å²) in [6, 6.07) is 16.2. The smallest absolute Gasteiger partial charge is 0.166 e. The van der Waals surface area contributed by atoms with Crippen molar-refractivity contribution in [3.05, 3.63) is 60.7 Å². The zero-order chi connectivity index (χ0) is 15.7. The molecule has 0 fully saturated rings. The largest absolute Gasteiger partial charge is 0.508 e. The van der Waals surface area contributed by atoms with Crippen LogP contribution in [0, 0.1) is 0 Å². The summed E-state index contributed by atoms with van der Waals surface area (Å²) in [4.78, 5) is 0. The molecule has 4 nitrogen and oxygen atoms in total. The fourth-order valence-electron chi connectivity index (χ4n) is 2.37. The lowest BCUT2D eigenvalue weighted by Crippen LogP contribution is -1.85. The molecule has 3 rings (SSSR count). The number of phenols is 4. The van der Waals surface area contributed by atoms with E-state index in [-0.39, 0.29) is 23.0 Å². The van der Waals surface area contributed by atoms with Crippen molar-refractivity contribution in [2.24, 2.45) is 0 Å². The molecule has 0 radical (unpaired) electrons. The van der Waals surface area contributed by atoms with Gasteiger partial charge in [0.2, 0.25) is 0 Å². The van der Waals surface area contributed by atoms with Gasteiger partial charge in [0.25, 0.3) is 0 Å². The van der Waals surface area contributed by atoms with Crippen LogP contribution in [0.3, 0.4) is 0 Å². The average molecular weight is 294 g/mol. The number of rotatable bonds is 2. The molecular formula is C18H14O4. The minimum absolute atomic E-state index is 0.0228. The predicted octanol–water partition coefficient (Wildman–Crippen LogP) is 3.84. The van der Waals surface area contributed by atoms with Crippen LogP contribution in [0.5, 0.6) is 23.0 Å². The highest BCUT2D eigenvalue weighted by atomic mass is 16.3. The van der Waals surface area contributed by atoms with Crippen molar-refractivity contribution in [1.29, 1.82) is 0 Å². The van der Waals surface area contributed by atoms with E-state index in [0.29, 0.717) is 22.3 Å². The van der Waals surface area contributed by atoms with Gasteiger partial charge in [-0.3, -0.25) is 0 Å². The Morgan fingerprint density at radius 1 is 0.500 bits per heavy atom. The zero-order valence-corrected chi connectivity index (χ0v) is 11.6. The normalized spacial score (nSPS) is 10.5. The summed E-state index contributed by atoms with van der Waals surface area (Å²) >= 11 is 0. The maximum Gasteiger partial charge on any atom is 0.166 e. The van der Waals surface area contributed by atoms with Crippen LogP contribution in [0.1, 0.15) is 0 Å². The first-order valence-corrected chi connectivity index (χ1v) is 6.70. The molecule has 0 aliphatic carbocycles. The van der Waals surface area contributed by atoms with Crippen LogP contribution in [-0.4, -0.2) is 20.4 Å². The molecule has 0 aromatic heterocycles. The highest BCUT2D eigenvalue weighted by Crippen LogP contribution is 2.45. The molecule has 110 valence electrons. The van der Waals surface area contributed by atoms with Crippen LogP contribution in [0.2, 0.25) is 0 Å². The number of benzene rings is 3. The van der Waals surface area contributed by atoms with E-state index in [4.69, 9.17) is 0 Å². The Bertz CT molecular complexity index is 823. The van der Waals surface area contributed by atoms with Crippen LogP contribution in [-0.2, 0) is 0 Å². The molecule has 0 saturated carbocycles. The van der Waals surface area contributed by atoms with E-state index in [0.717, 1.165) is 0 Å². The third-order valence-corrected chi connectivity index (χ3v) is 3.52. The molecule has 22 heavy (non-hydrogen) atoms. The van der Waals surface area contributed by atoms with Gasteiger partial charge in [-0.25, -0.2) is 0 Å². The van der Waals surface area contributed by atoms with Gasteiger partial charge in [-0.1, -0.05) is 30.3 Å². The molecule has 0 aliphatic rings. The summed E-state index contributed by atoms with van der Waals surface area (Å²) in [5.74, 6) is -0.425. The molecule has 0 bridgehead atoms. The van der Waals surface area contributed by atoms with Crippen LogP contribution in [0.15, 0.2) is 60.7 Å². The van der Waals surface area contributed by atoms with Crippen molar-refractivity contribution in [3.63, 3.8) is 0 Å². The summed E-state index contributed by atoms with van der Waals surface area (Å²) in [6.07, 6.45) is 0. The molecule has 0 aliphatic heterocycles. The van der Waals surface area contributed by atoms with Gasteiger partial charge >= 0.3 is 0 Å². The van der Waals surface area contributed by atoms with Gasteiger partial charge in [-0.15, -0.1) is 0 Å². The Labute approximate surface area is 127 Å². The molecular weight excluding hydrogens is 280 g/mol. The first kappa shape index (κ1) is 13.8. The number of hydrogen-bond donors (Lipinski definition) is 4. The van der Waals surface area contributed by atoms with E-state index in [9.17, 15) is 20.4 Å². The van der Waals surface area contributed by atoms with Gasteiger partial charge in [0.05, 0.1) is 0 Å². The van der Waals surface area contributed by atoms with Crippen LogP contribution in [0.25, 0.3) is 22.3 Å². The van der Waals surface area contributed by atoms with Crippen LogP contribution in [0.4, 0.5) is 0 Å².